The molecule has 2 aromatic heterocycles. The summed E-state index contributed by atoms with van der Waals surface area (Å²) < 4.78 is 0. The summed E-state index contributed by atoms with van der Waals surface area (Å²) in [4.78, 5) is 20.0. The highest BCUT2D eigenvalue weighted by atomic mass is 15.0. The highest BCUT2D eigenvalue weighted by molar-refractivity contribution is 5.82. The molecule has 0 fully saturated rings. The van der Waals surface area contributed by atoms with Gasteiger partial charge in [0.1, 0.15) is 0 Å². The molecule has 0 saturated heterocycles. The summed E-state index contributed by atoms with van der Waals surface area (Å²) in [6.07, 6.45) is 0. The average molecular weight is 705 g/mol. The molecule has 0 unspecified atom stereocenters. The number of aryl methyl sites for hydroxylation is 1. The molecule has 0 amide bonds. The van der Waals surface area contributed by atoms with Crippen LogP contribution < -0.4 is 0 Å². The lowest BCUT2D eigenvalue weighted by Crippen LogP contribution is -2.00. The van der Waals surface area contributed by atoms with Gasteiger partial charge in [0.15, 0.2) is 17.5 Å². The SMILES string of the molecule is Cc1cc(-c2ccccc2)cc(-c2ccc(-c3cc(-c4ccc(-c5ccccc5)cc4)cc(-c4nc(-c5ccccc5)nc(-c5ccccc5)n4)c3)cc2)n1. The topological polar surface area (TPSA) is 51.6 Å². The van der Waals surface area contributed by atoms with E-state index in [1.807, 2.05) is 72.8 Å². The summed E-state index contributed by atoms with van der Waals surface area (Å²) >= 11 is 0. The minimum atomic E-state index is 0.616. The van der Waals surface area contributed by atoms with Gasteiger partial charge in [-0.2, -0.15) is 0 Å². The summed E-state index contributed by atoms with van der Waals surface area (Å²) in [6.45, 7) is 2.05. The van der Waals surface area contributed by atoms with Crippen LogP contribution in [0.3, 0.4) is 0 Å². The van der Waals surface area contributed by atoms with Gasteiger partial charge in [-0.1, -0.05) is 170 Å². The highest BCUT2D eigenvalue weighted by Crippen LogP contribution is 2.35. The van der Waals surface area contributed by atoms with E-state index in [2.05, 4.69) is 134 Å². The fraction of sp³-hybridized carbons (Fsp3) is 0.0196. The van der Waals surface area contributed by atoms with Crippen molar-refractivity contribution in [3.63, 3.8) is 0 Å². The van der Waals surface area contributed by atoms with Gasteiger partial charge in [-0.25, -0.2) is 15.0 Å². The standard InChI is InChI=1S/C51H36N4/c1-35-30-44(37-16-8-3-9-17-37)34-48(52-35)41-28-26-40(27-29-41)46-31-45(39-24-22-38(23-25-39)36-14-6-2-7-15-36)32-47(33-46)51-54-49(42-18-10-4-11-19-42)53-50(55-51)43-20-12-5-13-21-43/h2-34H,1H3. The molecule has 0 aliphatic carbocycles. The highest BCUT2D eigenvalue weighted by Gasteiger charge is 2.15. The van der Waals surface area contributed by atoms with Crippen LogP contribution in [0.2, 0.25) is 0 Å². The Balaban J connectivity index is 1.16. The van der Waals surface area contributed by atoms with Crippen LogP contribution in [0.1, 0.15) is 5.69 Å². The van der Waals surface area contributed by atoms with Crippen molar-refractivity contribution in [3.05, 3.63) is 206 Å². The fourth-order valence-corrected chi connectivity index (χ4v) is 6.96. The molecule has 2 heterocycles. The molecule has 0 saturated carbocycles. The van der Waals surface area contributed by atoms with E-state index in [1.54, 1.807) is 0 Å². The van der Waals surface area contributed by atoms with Gasteiger partial charge < -0.3 is 0 Å². The van der Waals surface area contributed by atoms with E-state index >= 15 is 0 Å². The van der Waals surface area contributed by atoms with Gasteiger partial charge in [0.25, 0.3) is 0 Å². The van der Waals surface area contributed by atoms with Crippen molar-refractivity contribution >= 4 is 0 Å². The minimum Gasteiger partial charge on any atom is -0.253 e. The molecule has 0 bridgehead atoms. The van der Waals surface area contributed by atoms with Gasteiger partial charge in [0, 0.05) is 27.9 Å². The fourth-order valence-electron chi connectivity index (χ4n) is 6.96. The quantitative estimate of drug-likeness (QED) is 0.158. The molecule has 7 aromatic carbocycles. The van der Waals surface area contributed by atoms with Crippen molar-refractivity contribution in [3.8, 4) is 89.9 Å². The Morgan fingerprint density at radius 3 is 1.00 bits per heavy atom. The maximum atomic E-state index is 5.09. The Morgan fingerprint density at radius 2 is 0.545 bits per heavy atom. The molecule has 4 heteroatoms. The maximum Gasteiger partial charge on any atom is 0.164 e. The van der Waals surface area contributed by atoms with Crippen LogP contribution in [0.4, 0.5) is 0 Å². The Hall–Kier alpha value is -7.30. The molecule has 55 heavy (non-hydrogen) atoms. The number of hydrogen-bond donors (Lipinski definition) is 0. The molecule has 4 nitrogen and oxygen atoms in total. The second-order valence-corrected chi connectivity index (χ2v) is 13.6. The lowest BCUT2D eigenvalue weighted by molar-refractivity contribution is 1.07. The zero-order valence-corrected chi connectivity index (χ0v) is 30.3. The van der Waals surface area contributed by atoms with Crippen molar-refractivity contribution in [1.29, 1.82) is 0 Å². The number of aromatic nitrogens is 4. The summed E-state index contributed by atoms with van der Waals surface area (Å²) in [5.74, 6) is 1.88. The number of rotatable bonds is 8. The molecule has 260 valence electrons. The molecule has 0 N–H and O–H groups in total. The van der Waals surface area contributed by atoms with Crippen molar-refractivity contribution in [2.45, 2.75) is 6.92 Å². The predicted molar refractivity (Wildman–Crippen MR) is 226 cm³/mol. The first-order valence-electron chi connectivity index (χ1n) is 18.5. The van der Waals surface area contributed by atoms with Crippen LogP contribution in [0.25, 0.3) is 89.9 Å². The molecular weight excluding hydrogens is 669 g/mol. The van der Waals surface area contributed by atoms with Crippen molar-refractivity contribution in [2.24, 2.45) is 0 Å². The summed E-state index contributed by atoms with van der Waals surface area (Å²) in [5.41, 5.74) is 14.8. The zero-order chi connectivity index (χ0) is 37.0. The van der Waals surface area contributed by atoms with Crippen LogP contribution in [0, 0.1) is 6.92 Å². The van der Waals surface area contributed by atoms with Crippen molar-refractivity contribution < 1.29 is 0 Å². The first kappa shape index (κ1) is 33.5. The Morgan fingerprint density at radius 1 is 0.236 bits per heavy atom. The molecule has 0 spiro atoms. The third-order valence-electron chi connectivity index (χ3n) is 9.79. The number of nitrogens with zero attached hydrogens (tertiary/aromatic N) is 4. The van der Waals surface area contributed by atoms with E-state index in [0.717, 1.165) is 61.5 Å². The summed E-state index contributed by atoms with van der Waals surface area (Å²) in [7, 11) is 0. The number of pyridine rings is 1. The lowest BCUT2D eigenvalue weighted by atomic mass is 9.94. The largest absolute Gasteiger partial charge is 0.253 e. The third-order valence-corrected chi connectivity index (χ3v) is 9.79. The molecule has 0 atom stereocenters. The summed E-state index contributed by atoms with van der Waals surface area (Å²) in [6, 6.07) is 69.5. The smallest absolute Gasteiger partial charge is 0.164 e. The van der Waals surface area contributed by atoms with Gasteiger partial charge in [-0.05, 0) is 81.8 Å². The van der Waals surface area contributed by atoms with E-state index in [0.29, 0.717) is 17.5 Å². The molecule has 0 aliphatic heterocycles. The van der Waals surface area contributed by atoms with Gasteiger partial charge in [0.05, 0.1) is 5.69 Å². The number of benzene rings is 7. The third kappa shape index (κ3) is 7.35. The maximum absolute atomic E-state index is 5.09. The van der Waals surface area contributed by atoms with Gasteiger partial charge in [-0.3, -0.25) is 4.98 Å². The summed E-state index contributed by atoms with van der Waals surface area (Å²) in [5, 5.41) is 0. The van der Waals surface area contributed by atoms with Gasteiger partial charge in [0.2, 0.25) is 0 Å². The van der Waals surface area contributed by atoms with E-state index in [-0.39, 0.29) is 0 Å². The lowest BCUT2D eigenvalue weighted by Gasteiger charge is -2.13. The van der Waals surface area contributed by atoms with Crippen LogP contribution >= 0.6 is 0 Å². The normalized spacial score (nSPS) is 11.0. The van der Waals surface area contributed by atoms with Gasteiger partial charge in [-0.15, -0.1) is 0 Å². The second-order valence-electron chi connectivity index (χ2n) is 13.6. The van der Waals surface area contributed by atoms with Crippen LogP contribution in [-0.4, -0.2) is 19.9 Å². The number of hydrogen-bond acceptors (Lipinski definition) is 4. The molecule has 9 rings (SSSR count). The molecular formula is C51H36N4. The van der Waals surface area contributed by atoms with E-state index < -0.39 is 0 Å². The average Bonchev–Trinajstić information content (AvgIpc) is 3.27. The Kier molecular flexibility index (Phi) is 9.13. The Bertz CT molecular complexity index is 2650. The van der Waals surface area contributed by atoms with Crippen LogP contribution in [0.15, 0.2) is 200 Å². The minimum absolute atomic E-state index is 0.616. The molecule has 9 aromatic rings. The zero-order valence-electron chi connectivity index (χ0n) is 30.3. The monoisotopic (exact) mass is 704 g/mol. The molecule has 0 aliphatic rings. The van der Waals surface area contributed by atoms with Crippen molar-refractivity contribution in [2.75, 3.05) is 0 Å². The van der Waals surface area contributed by atoms with E-state index in [1.165, 1.54) is 16.7 Å². The first-order valence-corrected chi connectivity index (χ1v) is 18.5. The van der Waals surface area contributed by atoms with E-state index in [9.17, 15) is 0 Å². The van der Waals surface area contributed by atoms with Crippen LogP contribution in [-0.2, 0) is 0 Å². The van der Waals surface area contributed by atoms with Crippen molar-refractivity contribution in [1.82, 2.24) is 19.9 Å². The van der Waals surface area contributed by atoms with Crippen LogP contribution in [0.5, 0.6) is 0 Å². The first-order chi connectivity index (χ1) is 27.1. The van der Waals surface area contributed by atoms with E-state index in [4.69, 9.17) is 19.9 Å². The molecule has 0 radical (unpaired) electrons. The Labute approximate surface area is 321 Å². The second kappa shape index (κ2) is 15.0. The van der Waals surface area contributed by atoms with Gasteiger partial charge >= 0.3 is 0 Å². The predicted octanol–water partition coefficient (Wildman–Crippen LogP) is 12.9.